The number of hydrogen-bond donors (Lipinski definition) is 1. The molecule has 2 nitrogen and oxygen atoms in total. The van der Waals surface area contributed by atoms with Crippen LogP contribution in [0, 0.1) is 5.92 Å². The van der Waals surface area contributed by atoms with Gasteiger partial charge in [-0.15, -0.1) is 0 Å². The van der Waals surface area contributed by atoms with E-state index >= 15 is 0 Å². The minimum Gasteiger partial charge on any atom is -0.392 e. The third-order valence-electron chi connectivity index (χ3n) is 3.25. The molecule has 0 bridgehead atoms. The van der Waals surface area contributed by atoms with Gasteiger partial charge in [0, 0.05) is 29.1 Å². The average molecular weight is 320 g/mol. The summed E-state index contributed by atoms with van der Waals surface area (Å²) in [6.07, 6.45) is 2.18. The van der Waals surface area contributed by atoms with Crippen molar-refractivity contribution in [3.05, 3.63) is 33.3 Å². The van der Waals surface area contributed by atoms with E-state index in [0.29, 0.717) is 17.4 Å². The third kappa shape index (κ3) is 3.68. The maximum atomic E-state index is 10.2. The Kier molecular flexibility index (Phi) is 4.86. The van der Waals surface area contributed by atoms with E-state index in [1.807, 2.05) is 18.2 Å². The molecule has 1 aliphatic heterocycles. The van der Waals surface area contributed by atoms with Gasteiger partial charge >= 0.3 is 0 Å². The molecule has 0 amide bonds. The summed E-state index contributed by atoms with van der Waals surface area (Å²) in [5.74, 6) is 0.337. The first-order valence-corrected chi connectivity index (χ1v) is 7.03. The van der Waals surface area contributed by atoms with Crippen LogP contribution in [0.25, 0.3) is 0 Å². The summed E-state index contributed by atoms with van der Waals surface area (Å²) in [6, 6.07) is 5.79. The van der Waals surface area contributed by atoms with E-state index in [1.54, 1.807) is 0 Å². The largest absolute Gasteiger partial charge is 0.392 e. The fourth-order valence-electron chi connectivity index (χ4n) is 2.18. The highest BCUT2D eigenvalue weighted by Gasteiger charge is 2.22. The van der Waals surface area contributed by atoms with E-state index in [1.165, 1.54) is 0 Å². The Balaban J connectivity index is 1.99. The maximum Gasteiger partial charge on any atom is 0.0610 e. The zero-order valence-electron chi connectivity index (χ0n) is 9.53. The molecule has 1 atom stereocenters. The number of hydrogen-bond acceptors (Lipinski definition) is 2. The van der Waals surface area contributed by atoms with Crippen LogP contribution in [-0.2, 0) is 11.2 Å². The SMILES string of the molecule is OC(Cc1ccc(Br)cc1Cl)C1CCOCC1. The molecule has 1 saturated heterocycles. The van der Waals surface area contributed by atoms with Gasteiger partial charge in [0.2, 0.25) is 0 Å². The quantitative estimate of drug-likeness (QED) is 0.925. The van der Waals surface area contributed by atoms with Gasteiger partial charge in [0.25, 0.3) is 0 Å². The molecule has 4 heteroatoms. The van der Waals surface area contributed by atoms with Crippen LogP contribution in [-0.4, -0.2) is 24.4 Å². The van der Waals surface area contributed by atoms with Crippen LogP contribution in [0.2, 0.25) is 5.02 Å². The Morgan fingerprint density at radius 2 is 2.12 bits per heavy atom. The van der Waals surface area contributed by atoms with E-state index < -0.39 is 0 Å². The first-order valence-electron chi connectivity index (χ1n) is 5.86. The Labute approximate surface area is 115 Å². The van der Waals surface area contributed by atoms with E-state index in [0.717, 1.165) is 36.1 Å². The smallest absolute Gasteiger partial charge is 0.0610 e. The molecule has 0 spiro atoms. The van der Waals surface area contributed by atoms with E-state index in [2.05, 4.69) is 15.9 Å². The minimum atomic E-state index is -0.322. The van der Waals surface area contributed by atoms with Crippen molar-refractivity contribution < 1.29 is 9.84 Å². The molecule has 1 heterocycles. The molecule has 0 saturated carbocycles. The number of benzene rings is 1. The molecule has 1 aromatic carbocycles. The molecule has 0 aromatic heterocycles. The summed E-state index contributed by atoms with van der Waals surface area (Å²) >= 11 is 9.52. The van der Waals surface area contributed by atoms with Crippen molar-refractivity contribution in [2.75, 3.05) is 13.2 Å². The fraction of sp³-hybridized carbons (Fsp3) is 0.538. The summed E-state index contributed by atoms with van der Waals surface area (Å²) in [7, 11) is 0. The molecule has 1 N–H and O–H groups in total. The lowest BCUT2D eigenvalue weighted by atomic mass is 9.90. The molecular formula is C13H16BrClO2. The molecule has 94 valence electrons. The molecule has 2 rings (SSSR count). The van der Waals surface area contributed by atoms with E-state index in [4.69, 9.17) is 16.3 Å². The zero-order valence-corrected chi connectivity index (χ0v) is 11.9. The highest BCUT2D eigenvalue weighted by molar-refractivity contribution is 9.10. The molecule has 17 heavy (non-hydrogen) atoms. The van der Waals surface area contributed by atoms with Crippen molar-refractivity contribution in [1.82, 2.24) is 0 Å². The van der Waals surface area contributed by atoms with Crippen LogP contribution in [0.15, 0.2) is 22.7 Å². The first-order chi connectivity index (χ1) is 8.16. The van der Waals surface area contributed by atoms with Gasteiger partial charge in [0.15, 0.2) is 0 Å². The lowest BCUT2D eigenvalue weighted by molar-refractivity contribution is 0.00840. The molecule has 1 aliphatic rings. The predicted molar refractivity (Wildman–Crippen MR) is 72.4 cm³/mol. The summed E-state index contributed by atoms with van der Waals surface area (Å²) in [4.78, 5) is 0. The van der Waals surface area contributed by atoms with Crippen LogP contribution in [0.4, 0.5) is 0 Å². The maximum absolute atomic E-state index is 10.2. The highest BCUT2D eigenvalue weighted by Crippen LogP contribution is 2.26. The number of aliphatic hydroxyl groups is 1. The highest BCUT2D eigenvalue weighted by atomic mass is 79.9. The number of halogens is 2. The summed E-state index contributed by atoms with van der Waals surface area (Å²) < 4.78 is 6.26. The Bertz CT molecular complexity index is 378. The second-order valence-corrected chi connectivity index (χ2v) is 5.78. The predicted octanol–water partition coefficient (Wildman–Crippen LogP) is 3.43. The van der Waals surface area contributed by atoms with Crippen LogP contribution < -0.4 is 0 Å². The lowest BCUT2D eigenvalue weighted by Gasteiger charge is -2.27. The van der Waals surface area contributed by atoms with Gasteiger partial charge in [-0.1, -0.05) is 33.6 Å². The monoisotopic (exact) mass is 318 g/mol. The van der Waals surface area contributed by atoms with E-state index in [-0.39, 0.29) is 6.10 Å². The summed E-state index contributed by atoms with van der Waals surface area (Å²) in [5, 5.41) is 10.9. The van der Waals surface area contributed by atoms with Crippen molar-refractivity contribution in [2.45, 2.75) is 25.4 Å². The number of aliphatic hydroxyl groups excluding tert-OH is 1. The van der Waals surface area contributed by atoms with Gasteiger partial charge in [-0.25, -0.2) is 0 Å². The Hall–Kier alpha value is -0.0900. The number of ether oxygens (including phenoxy) is 1. The van der Waals surface area contributed by atoms with Gasteiger partial charge in [-0.2, -0.15) is 0 Å². The minimum absolute atomic E-state index is 0.322. The second kappa shape index (κ2) is 6.19. The fourth-order valence-corrected chi connectivity index (χ4v) is 2.93. The third-order valence-corrected chi connectivity index (χ3v) is 4.10. The van der Waals surface area contributed by atoms with Crippen molar-refractivity contribution >= 4 is 27.5 Å². The molecule has 1 unspecified atom stereocenters. The topological polar surface area (TPSA) is 29.5 Å². The Morgan fingerprint density at radius 3 is 2.76 bits per heavy atom. The molecular weight excluding hydrogens is 303 g/mol. The van der Waals surface area contributed by atoms with Gasteiger partial charge in [0.05, 0.1) is 6.10 Å². The van der Waals surface area contributed by atoms with Gasteiger partial charge < -0.3 is 9.84 Å². The van der Waals surface area contributed by atoms with Crippen molar-refractivity contribution in [2.24, 2.45) is 5.92 Å². The van der Waals surface area contributed by atoms with Crippen molar-refractivity contribution in [3.8, 4) is 0 Å². The zero-order chi connectivity index (χ0) is 12.3. The standard InChI is InChI=1S/C13H16BrClO2/c14-11-2-1-10(12(15)8-11)7-13(16)9-3-5-17-6-4-9/h1-2,8-9,13,16H,3-7H2. The molecule has 1 fully saturated rings. The first kappa shape index (κ1) is 13.3. The average Bonchev–Trinajstić information content (AvgIpc) is 2.34. The Morgan fingerprint density at radius 1 is 1.41 bits per heavy atom. The van der Waals surface area contributed by atoms with Gasteiger partial charge in [-0.05, 0) is 36.5 Å². The van der Waals surface area contributed by atoms with Crippen LogP contribution >= 0.6 is 27.5 Å². The summed E-state index contributed by atoms with van der Waals surface area (Å²) in [6.45, 7) is 1.52. The number of rotatable bonds is 3. The van der Waals surface area contributed by atoms with E-state index in [9.17, 15) is 5.11 Å². The van der Waals surface area contributed by atoms with Crippen LogP contribution in [0.5, 0.6) is 0 Å². The van der Waals surface area contributed by atoms with Crippen LogP contribution in [0.1, 0.15) is 18.4 Å². The second-order valence-electron chi connectivity index (χ2n) is 4.46. The molecule has 0 aliphatic carbocycles. The normalized spacial score (nSPS) is 19.2. The molecule has 0 radical (unpaired) electrons. The summed E-state index contributed by atoms with van der Waals surface area (Å²) in [5.41, 5.74) is 1.01. The molecule has 1 aromatic rings. The van der Waals surface area contributed by atoms with Crippen molar-refractivity contribution in [3.63, 3.8) is 0 Å². The lowest BCUT2D eigenvalue weighted by Crippen LogP contribution is -2.28. The van der Waals surface area contributed by atoms with Gasteiger partial charge in [-0.3, -0.25) is 0 Å². The van der Waals surface area contributed by atoms with Crippen LogP contribution in [0.3, 0.4) is 0 Å². The van der Waals surface area contributed by atoms with Gasteiger partial charge in [0.1, 0.15) is 0 Å². The van der Waals surface area contributed by atoms with Crippen molar-refractivity contribution in [1.29, 1.82) is 0 Å².